The van der Waals surface area contributed by atoms with Gasteiger partial charge in [-0.25, -0.2) is 0 Å². The smallest absolute Gasteiger partial charge is 0.401 e. The van der Waals surface area contributed by atoms with E-state index in [2.05, 4.69) is 15.6 Å². The molecule has 0 radical (unpaired) electrons. The molecule has 1 aromatic heterocycles. The molecule has 0 saturated carbocycles. The number of furan rings is 1. The second-order valence-electron chi connectivity index (χ2n) is 7.16. The molecule has 3 rings (SSSR count). The van der Waals surface area contributed by atoms with Crippen LogP contribution in [0.25, 0.3) is 0 Å². The summed E-state index contributed by atoms with van der Waals surface area (Å²) in [6.07, 6.45) is -0.148. The van der Waals surface area contributed by atoms with Gasteiger partial charge in [0.1, 0.15) is 5.76 Å². The summed E-state index contributed by atoms with van der Waals surface area (Å²) >= 11 is 0. The number of hydrogen-bond donors (Lipinski definition) is 2. The highest BCUT2D eigenvalue weighted by Gasteiger charge is 2.34. The van der Waals surface area contributed by atoms with Crippen molar-refractivity contribution in [1.29, 1.82) is 0 Å². The van der Waals surface area contributed by atoms with Gasteiger partial charge in [0, 0.05) is 51.2 Å². The Bertz CT molecular complexity index is 592. The predicted molar refractivity (Wildman–Crippen MR) is 111 cm³/mol. The van der Waals surface area contributed by atoms with E-state index in [4.69, 9.17) is 9.15 Å². The fraction of sp³-hybridized carbons (Fsp3) is 0.722. The van der Waals surface area contributed by atoms with E-state index in [-0.39, 0.29) is 30.0 Å². The van der Waals surface area contributed by atoms with Gasteiger partial charge in [-0.3, -0.25) is 9.89 Å². The van der Waals surface area contributed by atoms with Gasteiger partial charge in [0.25, 0.3) is 0 Å². The third kappa shape index (κ3) is 8.16. The van der Waals surface area contributed by atoms with Crippen LogP contribution in [-0.2, 0) is 11.2 Å². The molecular formula is C18H28F3IN4O2. The van der Waals surface area contributed by atoms with Gasteiger partial charge < -0.3 is 19.8 Å². The first-order valence-corrected chi connectivity index (χ1v) is 9.42. The second-order valence-corrected chi connectivity index (χ2v) is 7.16. The molecule has 0 aliphatic carbocycles. The maximum atomic E-state index is 12.6. The Labute approximate surface area is 180 Å². The first-order valence-electron chi connectivity index (χ1n) is 9.42. The van der Waals surface area contributed by atoms with Gasteiger partial charge >= 0.3 is 6.18 Å². The summed E-state index contributed by atoms with van der Waals surface area (Å²) in [5, 5.41) is 6.56. The van der Waals surface area contributed by atoms with Crippen LogP contribution in [-0.4, -0.2) is 69.0 Å². The van der Waals surface area contributed by atoms with E-state index in [0.29, 0.717) is 57.5 Å². The molecular weight excluding hydrogens is 488 g/mol. The van der Waals surface area contributed by atoms with Gasteiger partial charge in [0.15, 0.2) is 5.96 Å². The first kappa shape index (κ1) is 23.3. The average Bonchev–Trinajstić information content (AvgIpc) is 3.34. The maximum absolute atomic E-state index is 12.6. The van der Waals surface area contributed by atoms with Crippen LogP contribution in [0.5, 0.6) is 0 Å². The SMILES string of the molecule is FC(F)(F)CN1CCC(NC(=NCC2CCOC2)NCCc2ccco2)C1.I. The van der Waals surface area contributed by atoms with Gasteiger partial charge in [-0.15, -0.1) is 24.0 Å². The Kier molecular flexibility index (Phi) is 9.35. The van der Waals surface area contributed by atoms with Crippen LogP contribution in [0.2, 0.25) is 0 Å². The Balaban J connectivity index is 0.00000280. The van der Waals surface area contributed by atoms with Crippen molar-refractivity contribution in [3.8, 4) is 0 Å². The van der Waals surface area contributed by atoms with Crippen LogP contribution < -0.4 is 10.6 Å². The van der Waals surface area contributed by atoms with Gasteiger partial charge in [0.2, 0.25) is 0 Å². The van der Waals surface area contributed by atoms with Crippen LogP contribution in [0.3, 0.4) is 0 Å². The van der Waals surface area contributed by atoms with E-state index in [1.54, 1.807) is 6.26 Å². The first-order chi connectivity index (χ1) is 13.0. The molecule has 2 saturated heterocycles. The van der Waals surface area contributed by atoms with Crippen molar-refractivity contribution in [3.05, 3.63) is 24.2 Å². The molecule has 0 aromatic carbocycles. The van der Waals surface area contributed by atoms with E-state index in [9.17, 15) is 13.2 Å². The quantitative estimate of drug-likeness (QED) is 0.332. The summed E-state index contributed by atoms with van der Waals surface area (Å²) < 4.78 is 48.4. The molecule has 160 valence electrons. The molecule has 0 spiro atoms. The standard InChI is InChI=1S/C18H27F3N4O2.HI/c19-18(20,21)13-25-7-4-15(11-25)24-17(23-10-14-5-9-26-12-14)22-6-3-16-2-1-8-27-16;/h1-2,8,14-15H,3-7,9-13H2,(H2,22,23,24);1H. The van der Waals surface area contributed by atoms with Crippen LogP contribution in [0.15, 0.2) is 27.8 Å². The predicted octanol–water partition coefficient (Wildman–Crippen LogP) is 2.65. The van der Waals surface area contributed by atoms with E-state index in [1.807, 2.05) is 12.1 Å². The summed E-state index contributed by atoms with van der Waals surface area (Å²) in [4.78, 5) is 6.06. The lowest BCUT2D eigenvalue weighted by atomic mass is 10.1. The molecule has 2 fully saturated rings. The number of rotatable bonds is 7. The van der Waals surface area contributed by atoms with E-state index in [1.165, 1.54) is 4.90 Å². The zero-order valence-corrected chi connectivity index (χ0v) is 18.0. The van der Waals surface area contributed by atoms with Gasteiger partial charge in [-0.2, -0.15) is 13.2 Å². The van der Waals surface area contributed by atoms with Gasteiger partial charge in [0.05, 0.1) is 19.4 Å². The number of nitrogens with zero attached hydrogens (tertiary/aromatic N) is 2. The topological polar surface area (TPSA) is 62.0 Å². The minimum atomic E-state index is -4.16. The van der Waals surface area contributed by atoms with Gasteiger partial charge in [-0.05, 0) is 25.0 Å². The molecule has 2 atom stereocenters. The van der Waals surface area contributed by atoms with Gasteiger partial charge in [-0.1, -0.05) is 0 Å². The molecule has 0 bridgehead atoms. The highest BCUT2D eigenvalue weighted by molar-refractivity contribution is 14.0. The molecule has 2 aliphatic heterocycles. The number of ether oxygens (including phenoxy) is 1. The fourth-order valence-electron chi connectivity index (χ4n) is 3.40. The largest absolute Gasteiger partial charge is 0.469 e. The van der Waals surface area contributed by atoms with Crippen molar-refractivity contribution in [2.75, 3.05) is 45.9 Å². The zero-order valence-electron chi connectivity index (χ0n) is 15.7. The lowest BCUT2D eigenvalue weighted by molar-refractivity contribution is -0.143. The number of guanidine groups is 1. The minimum Gasteiger partial charge on any atom is -0.469 e. The summed E-state index contributed by atoms with van der Waals surface area (Å²) in [6, 6.07) is 3.71. The summed E-state index contributed by atoms with van der Waals surface area (Å²) in [7, 11) is 0. The van der Waals surface area contributed by atoms with Crippen LogP contribution in [0.1, 0.15) is 18.6 Å². The van der Waals surface area contributed by atoms with Crippen LogP contribution in [0.4, 0.5) is 13.2 Å². The third-order valence-corrected chi connectivity index (χ3v) is 4.79. The number of likely N-dealkylation sites (tertiary alicyclic amines) is 1. The molecule has 1 aromatic rings. The number of halogens is 4. The van der Waals surface area contributed by atoms with Crippen molar-refractivity contribution >= 4 is 29.9 Å². The lowest BCUT2D eigenvalue weighted by Crippen LogP contribution is -2.46. The number of aliphatic imine (C=N–C) groups is 1. The molecule has 6 nitrogen and oxygen atoms in total. The molecule has 28 heavy (non-hydrogen) atoms. The normalized spacial score (nSPS) is 23.6. The molecule has 2 unspecified atom stereocenters. The Morgan fingerprint density at radius 2 is 2.18 bits per heavy atom. The zero-order chi connectivity index (χ0) is 19.1. The van der Waals surface area contributed by atoms with Crippen molar-refractivity contribution in [1.82, 2.24) is 15.5 Å². The monoisotopic (exact) mass is 516 g/mol. The Hall–Kier alpha value is -1.01. The summed E-state index contributed by atoms with van der Waals surface area (Å²) in [5.74, 6) is 1.93. The molecule has 3 heterocycles. The van der Waals surface area contributed by atoms with Crippen molar-refractivity contribution < 1.29 is 22.3 Å². The second kappa shape index (κ2) is 11.2. The number of nitrogens with one attached hydrogen (secondary N) is 2. The Morgan fingerprint density at radius 1 is 1.32 bits per heavy atom. The molecule has 2 N–H and O–H groups in total. The lowest BCUT2D eigenvalue weighted by Gasteiger charge is -2.20. The minimum absolute atomic E-state index is 0. The van der Waals surface area contributed by atoms with Crippen molar-refractivity contribution in [2.45, 2.75) is 31.5 Å². The summed E-state index contributed by atoms with van der Waals surface area (Å²) in [5.41, 5.74) is 0. The molecule has 10 heteroatoms. The maximum Gasteiger partial charge on any atom is 0.401 e. The fourth-order valence-corrected chi connectivity index (χ4v) is 3.40. The van der Waals surface area contributed by atoms with E-state index in [0.717, 1.165) is 18.8 Å². The van der Waals surface area contributed by atoms with Crippen molar-refractivity contribution in [2.24, 2.45) is 10.9 Å². The third-order valence-electron chi connectivity index (χ3n) is 4.79. The molecule has 2 aliphatic rings. The van der Waals surface area contributed by atoms with Crippen LogP contribution >= 0.6 is 24.0 Å². The van der Waals surface area contributed by atoms with Crippen LogP contribution in [0, 0.1) is 5.92 Å². The van der Waals surface area contributed by atoms with E-state index >= 15 is 0 Å². The highest BCUT2D eigenvalue weighted by Crippen LogP contribution is 2.20. The molecule has 0 amide bonds. The number of hydrogen-bond acceptors (Lipinski definition) is 4. The number of alkyl halides is 3. The van der Waals surface area contributed by atoms with E-state index < -0.39 is 12.7 Å². The summed E-state index contributed by atoms with van der Waals surface area (Å²) in [6.45, 7) is 2.71. The van der Waals surface area contributed by atoms with Crippen molar-refractivity contribution in [3.63, 3.8) is 0 Å². The Morgan fingerprint density at radius 3 is 2.86 bits per heavy atom. The average molecular weight is 516 g/mol. The highest BCUT2D eigenvalue weighted by atomic mass is 127.